The van der Waals surface area contributed by atoms with Gasteiger partial charge in [0.25, 0.3) is 0 Å². The lowest BCUT2D eigenvalue weighted by molar-refractivity contribution is 0.673. The molecule has 2 aromatic heterocycles. The Balaban J connectivity index is 1.67. The van der Waals surface area contributed by atoms with Gasteiger partial charge in [0.05, 0.1) is 4.47 Å². The normalized spacial score (nSPS) is 13.9. The summed E-state index contributed by atoms with van der Waals surface area (Å²) in [6, 6.07) is 2.16. The second-order valence-electron chi connectivity index (χ2n) is 5.20. The average molecular weight is 400 g/mol. The third-order valence-corrected chi connectivity index (χ3v) is 5.88. The van der Waals surface area contributed by atoms with Crippen LogP contribution in [0.2, 0.25) is 5.15 Å². The molecule has 2 heterocycles. The highest BCUT2D eigenvalue weighted by Crippen LogP contribution is 2.29. The molecule has 0 bridgehead atoms. The molecular weight excluding hydrogens is 384 g/mol. The van der Waals surface area contributed by atoms with Gasteiger partial charge in [-0.15, -0.1) is 0 Å². The van der Waals surface area contributed by atoms with Crippen LogP contribution in [0.25, 0.3) is 0 Å². The summed E-state index contributed by atoms with van der Waals surface area (Å²) < 4.78 is 0.553. The minimum atomic E-state index is 0.352. The van der Waals surface area contributed by atoms with E-state index in [2.05, 4.69) is 36.9 Å². The molecule has 1 aliphatic carbocycles. The van der Waals surface area contributed by atoms with Crippen molar-refractivity contribution in [2.75, 3.05) is 11.5 Å². The molecule has 0 atom stereocenters. The van der Waals surface area contributed by atoms with Crippen LogP contribution in [0.5, 0.6) is 0 Å². The predicted molar refractivity (Wildman–Crippen MR) is 94.5 cm³/mol. The fourth-order valence-electron chi connectivity index (χ4n) is 2.67. The van der Waals surface area contributed by atoms with Crippen LogP contribution in [0.4, 0.5) is 5.82 Å². The Kier molecular flexibility index (Phi) is 5.21. The predicted octanol–water partition coefficient (Wildman–Crippen LogP) is 4.08. The van der Waals surface area contributed by atoms with Crippen molar-refractivity contribution in [3.8, 4) is 0 Å². The highest BCUT2D eigenvalue weighted by atomic mass is 79.9. The van der Waals surface area contributed by atoms with Gasteiger partial charge in [-0.2, -0.15) is 0 Å². The van der Waals surface area contributed by atoms with Gasteiger partial charge in [0.15, 0.2) is 5.16 Å². The molecular formula is C15H16BrClN4S. The molecule has 22 heavy (non-hydrogen) atoms. The lowest BCUT2D eigenvalue weighted by Gasteiger charge is -2.18. The number of hydrogen-bond donors (Lipinski definition) is 1. The molecule has 7 heteroatoms. The summed E-state index contributed by atoms with van der Waals surface area (Å²) in [5.41, 5.74) is 9.91. The molecule has 1 aliphatic rings. The maximum Gasteiger partial charge on any atom is 0.191 e. The van der Waals surface area contributed by atoms with Crippen LogP contribution >= 0.6 is 39.3 Å². The van der Waals surface area contributed by atoms with Crippen LogP contribution in [-0.2, 0) is 19.3 Å². The first kappa shape index (κ1) is 16.0. The first-order valence-corrected chi connectivity index (χ1v) is 9.37. The smallest absolute Gasteiger partial charge is 0.191 e. The molecule has 0 radical (unpaired) electrons. The van der Waals surface area contributed by atoms with Gasteiger partial charge < -0.3 is 5.73 Å². The lowest BCUT2D eigenvalue weighted by atomic mass is 9.90. The Labute approximate surface area is 147 Å². The van der Waals surface area contributed by atoms with Gasteiger partial charge in [0, 0.05) is 17.6 Å². The summed E-state index contributed by atoms with van der Waals surface area (Å²) in [6.45, 7) is 0. The SMILES string of the molecule is Nc1nc(SCCc2nccc3c2CCCC3)nc(Cl)c1Br. The summed E-state index contributed by atoms with van der Waals surface area (Å²) in [4.78, 5) is 13.0. The number of aryl methyl sites for hydroxylation is 2. The Morgan fingerprint density at radius 3 is 2.91 bits per heavy atom. The summed E-state index contributed by atoms with van der Waals surface area (Å²) >= 11 is 10.8. The van der Waals surface area contributed by atoms with Crippen molar-refractivity contribution in [3.63, 3.8) is 0 Å². The molecule has 0 aliphatic heterocycles. The van der Waals surface area contributed by atoms with Crippen molar-refractivity contribution in [1.29, 1.82) is 0 Å². The number of nitrogens with two attached hydrogens (primary N) is 1. The van der Waals surface area contributed by atoms with E-state index in [0.717, 1.165) is 18.6 Å². The molecule has 0 fully saturated rings. The highest BCUT2D eigenvalue weighted by Gasteiger charge is 2.14. The van der Waals surface area contributed by atoms with Gasteiger partial charge in [0.1, 0.15) is 11.0 Å². The Hall–Kier alpha value is -0.850. The van der Waals surface area contributed by atoms with Gasteiger partial charge in [-0.25, -0.2) is 9.97 Å². The number of nitrogens with zero attached hydrogens (tertiary/aromatic N) is 3. The van der Waals surface area contributed by atoms with Crippen LogP contribution in [0.3, 0.4) is 0 Å². The molecule has 2 aromatic rings. The molecule has 0 amide bonds. The Morgan fingerprint density at radius 2 is 2.09 bits per heavy atom. The van der Waals surface area contributed by atoms with Gasteiger partial charge >= 0.3 is 0 Å². The minimum Gasteiger partial charge on any atom is -0.383 e. The molecule has 2 N–H and O–H groups in total. The standard InChI is InChI=1S/C15H16BrClN4S/c16-12-13(17)20-15(21-14(12)18)22-8-6-11-10-4-2-1-3-9(10)5-7-19-11/h5,7H,1-4,6,8H2,(H2,18,20,21). The molecule has 116 valence electrons. The molecule has 4 nitrogen and oxygen atoms in total. The monoisotopic (exact) mass is 398 g/mol. The molecule has 0 unspecified atom stereocenters. The maximum absolute atomic E-state index is 6.01. The van der Waals surface area contributed by atoms with Crippen LogP contribution in [0, 0.1) is 0 Å². The van der Waals surface area contributed by atoms with E-state index in [1.54, 1.807) is 11.8 Å². The van der Waals surface area contributed by atoms with E-state index in [-0.39, 0.29) is 0 Å². The summed E-state index contributed by atoms with van der Waals surface area (Å²) in [5.74, 6) is 1.23. The summed E-state index contributed by atoms with van der Waals surface area (Å²) in [5, 5.41) is 0.959. The number of fused-ring (bicyclic) bond motifs is 1. The molecule has 3 rings (SSSR count). The summed E-state index contributed by atoms with van der Waals surface area (Å²) in [6.07, 6.45) is 7.72. The van der Waals surface area contributed by atoms with Crippen molar-refractivity contribution in [2.45, 2.75) is 37.3 Å². The third-order valence-electron chi connectivity index (χ3n) is 3.75. The summed E-state index contributed by atoms with van der Waals surface area (Å²) in [7, 11) is 0. The van der Waals surface area contributed by atoms with Crippen molar-refractivity contribution in [2.24, 2.45) is 0 Å². The molecule has 0 spiro atoms. The van der Waals surface area contributed by atoms with E-state index in [9.17, 15) is 0 Å². The highest BCUT2D eigenvalue weighted by molar-refractivity contribution is 9.10. The van der Waals surface area contributed by atoms with Crippen molar-refractivity contribution in [3.05, 3.63) is 38.7 Å². The number of hydrogen-bond acceptors (Lipinski definition) is 5. The zero-order valence-electron chi connectivity index (χ0n) is 12.0. The van der Waals surface area contributed by atoms with E-state index < -0.39 is 0 Å². The zero-order valence-corrected chi connectivity index (χ0v) is 15.1. The largest absolute Gasteiger partial charge is 0.383 e. The van der Waals surface area contributed by atoms with E-state index in [1.165, 1.54) is 36.1 Å². The first-order valence-electron chi connectivity index (χ1n) is 7.22. The number of aromatic nitrogens is 3. The Bertz CT molecular complexity index is 672. The van der Waals surface area contributed by atoms with Crippen molar-refractivity contribution < 1.29 is 0 Å². The zero-order chi connectivity index (χ0) is 15.5. The molecule has 0 saturated heterocycles. The van der Waals surface area contributed by atoms with Crippen LogP contribution in [0.1, 0.15) is 29.7 Å². The van der Waals surface area contributed by atoms with Crippen LogP contribution in [0.15, 0.2) is 21.9 Å². The fraction of sp³-hybridized carbons (Fsp3) is 0.400. The van der Waals surface area contributed by atoms with E-state index in [1.807, 2.05) is 6.20 Å². The van der Waals surface area contributed by atoms with Gasteiger partial charge in [-0.05, 0) is 65.2 Å². The van der Waals surface area contributed by atoms with Gasteiger partial charge in [0.2, 0.25) is 0 Å². The van der Waals surface area contributed by atoms with E-state index in [4.69, 9.17) is 17.3 Å². The maximum atomic E-state index is 6.01. The van der Waals surface area contributed by atoms with Gasteiger partial charge in [-0.3, -0.25) is 4.98 Å². The number of rotatable bonds is 4. The van der Waals surface area contributed by atoms with E-state index >= 15 is 0 Å². The average Bonchev–Trinajstić information content (AvgIpc) is 2.53. The number of nitrogen functional groups attached to an aromatic ring is 1. The first-order chi connectivity index (χ1) is 10.6. The topological polar surface area (TPSA) is 64.7 Å². The quantitative estimate of drug-likeness (QED) is 0.477. The second-order valence-corrected chi connectivity index (χ2v) is 7.41. The van der Waals surface area contributed by atoms with E-state index in [0.29, 0.717) is 20.6 Å². The minimum absolute atomic E-state index is 0.352. The van der Waals surface area contributed by atoms with Gasteiger partial charge in [-0.1, -0.05) is 23.4 Å². The van der Waals surface area contributed by atoms with Crippen molar-refractivity contribution >= 4 is 45.1 Å². The second kappa shape index (κ2) is 7.15. The Morgan fingerprint density at radius 1 is 1.27 bits per heavy atom. The molecule has 0 saturated carbocycles. The number of anilines is 1. The lowest BCUT2D eigenvalue weighted by Crippen LogP contribution is -2.09. The third kappa shape index (κ3) is 3.55. The number of halogens is 2. The van der Waals surface area contributed by atoms with Crippen LogP contribution in [-0.4, -0.2) is 20.7 Å². The van der Waals surface area contributed by atoms with Crippen molar-refractivity contribution in [1.82, 2.24) is 15.0 Å². The van der Waals surface area contributed by atoms with Crippen LogP contribution < -0.4 is 5.73 Å². The number of thioether (sulfide) groups is 1. The molecule has 0 aromatic carbocycles. The fourth-order valence-corrected chi connectivity index (χ4v) is 3.87. The number of pyridine rings is 1.